The van der Waals surface area contributed by atoms with E-state index in [4.69, 9.17) is 14.2 Å². The highest BCUT2D eigenvalue weighted by molar-refractivity contribution is 4.78. The van der Waals surface area contributed by atoms with Gasteiger partial charge < -0.3 is 14.2 Å². The van der Waals surface area contributed by atoms with Gasteiger partial charge in [0.15, 0.2) is 5.79 Å². The molecule has 0 rings (SSSR count). The smallest absolute Gasteiger partial charge is 0.170 e. The van der Waals surface area contributed by atoms with Gasteiger partial charge in [-0.05, 0) is 32.1 Å². The number of rotatable bonds is 16. The topological polar surface area (TPSA) is 27.7 Å². The summed E-state index contributed by atoms with van der Waals surface area (Å²) in [4.78, 5) is 0. The predicted octanol–water partition coefficient (Wildman–Crippen LogP) is 6.76. The highest BCUT2D eigenvalue weighted by atomic mass is 16.7. The molecule has 0 radical (unpaired) electrons. The molecule has 25 heavy (non-hydrogen) atoms. The zero-order valence-corrected chi connectivity index (χ0v) is 18.1. The molecule has 3 heteroatoms. The third-order valence-corrected chi connectivity index (χ3v) is 4.90. The lowest BCUT2D eigenvalue weighted by atomic mass is 9.86. The van der Waals surface area contributed by atoms with Gasteiger partial charge in [0.2, 0.25) is 0 Å². The summed E-state index contributed by atoms with van der Waals surface area (Å²) < 4.78 is 16.7. The Morgan fingerprint density at radius 2 is 1.36 bits per heavy atom. The number of allylic oxidation sites excluding steroid dienone is 1. The molecule has 0 fully saturated rings. The van der Waals surface area contributed by atoms with Crippen LogP contribution >= 0.6 is 0 Å². The Bertz CT molecular complexity index is 254. The van der Waals surface area contributed by atoms with E-state index in [0.717, 1.165) is 32.3 Å². The molecule has 0 spiro atoms. The molecule has 0 aliphatic heterocycles. The monoisotopic (exact) mass is 358 g/mol. The Morgan fingerprint density at radius 1 is 0.840 bits per heavy atom. The third kappa shape index (κ3) is 13.5. The van der Waals surface area contributed by atoms with Crippen molar-refractivity contribution in [2.75, 3.05) is 27.9 Å². The first-order valence-corrected chi connectivity index (χ1v) is 10.3. The van der Waals surface area contributed by atoms with Gasteiger partial charge in [-0.3, -0.25) is 0 Å². The molecule has 1 atom stereocenters. The van der Waals surface area contributed by atoms with Crippen LogP contribution in [0.15, 0.2) is 12.7 Å². The van der Waals surface area contributed by atoms with E-state index < -0.39 is 5.79 Å². The number of methoxy groups -OCH3 is 3. The minimum Gasteiger partial charge on any atom is -0.385 e. The fourth-order valence-electron chi connectivity index (χ4n) is 3.22. The van der Waals surface area contributed by atoms with Crippen molar-refractivity contribution in [3.05, 3.63) is 12.7 Å². The normalized spacial score (nSPS) is 12.4. The Labute approximate surface area is 158 Å². The third-order valence-electron chi connectivity index (χ3n) is 4.90. The fraction of sp³-hybridized carbons (Fsp3) is 0.909. The van der Waals surface area contributed by atoms with Crippen LogP contribution in [-0.2, 0) is 14.2 Å². The van der Waals surface area contributed by atoms with Crippen molar-refractivity contribution >= 4 is 0 Å². The molecule has 0 aliphatic rings. The van der Waals surface area contributed by atoms with Crippen molar-refractivity contribution in [1.82, 2.24) is 0 Å². The SMILES string of the molecule is C=CCC.CCCCCCCCC(CCCOC)C(CC)(OC)OC. The van der Waals surface area contributed by atoms with Crippen LogP contribution in [0.4, 0.5) is 0 Å². The average Bonchev–Trinajstić information content (AvgIpc) is 2.66. The first kappa shape index (κ1) is 26.8. The van der Waals surface area contributed by atoms with Crippen LogP contribution in [0.25, 0.3) is 0 Å². The highest BCUT2D eigenvalue weighted by Gasteiger charge is 2.36. The molecule has 0 saturated heterocycles. The summed E-state index contributed by atoms with van der Waals surface area (Å²) in [6.45, 7) is 10.8. The Hall–Kier alpha value is -0.380. The second-order valence-corrected chi connectivity index (χ2v) is 6.66. The molecule has 0 aromatic heterocycles. The molecular formula is C22H46O3. The van der Waals surface area contributed by atoms with Gasteiger partial charge in [0.1, 0.15) is 0 Å². The number of hydrogen-bond donors (Lipinski definition) is 0. The van der Waals surface area contributed by atoms with Gasteiger partial charge in [-0.25, -0.2) is 0 Å². The molecule has 0 amide bonds. The van der Waals surface area contributed by atoms with E-state index in [-0.39, 0.29) is 0 Å². The maximum Gasteiger partial charge on any atom is 0.170 e. The molecule has 0 heterocycles. The van der Waals surface area contributed by atoms with Crippen LogP contribution in [0.1, 0.15) is 91.4 Å². The molecule has 3 nitrogen and oxygen atoms in total. The van der Waals surface area contributed by atoms with Crippen LogP contribution in [0.3, 0.4) is 0 Å². The Balaban J connectivity index is 0. The van der Waals surface area contributed by atoms with E-state index in [1.54, 1.807) is 21.3 Å². The maximum atomic E-state index is 5.76. The van der Waals surface area contributed by atoms with E-state index in [2.05, 4.69) is 27.4 Å². The summed E-state index contributed by atoms with van der Waals surface area (Å²) >= 11 is 0. The molecule has 0 saturated carbocycles. The first-order chi connectivity index (χ1) is 12.1. The van der Waals surface area contributed by atoms with Crippen LogP contribution in [-0.4, -0.2) is 33.7 Å². The standard InChI is InChI=1S/C18H38O3.C4H8/c1-6-8-9-10-11-12-14-17(15-13-16-19-3)18(7-2,20-4)21-5;1-3-4-2/h17H,6-16H2,1-5H3;3H,1,4H2,2H3. The van der Waals surface area contributed by atoms with Crippen molar-refractivity contribution in [2.45, 2.75) is 97.2 Å². The Kier molecular flexibility index (Phi) is 21.4. The predicted molar refractivity (Wildman–Crippen MR) is 110 cm³/mol. The fourth-order valence-corrected chi connectivity index (χ4v) is 3.22. The zero-order chi connectivity index (χ0) is 19.4. The first-order valence-electron chi connectivity index (χ1n) is 10.3. The highest BCUT2D eigenvalue weighted by Crippen LogP contribution is 2.34. The van der Waals surface area contributed by atoms with Gasteiger partial charge in [0, 0.05) is 33.9 Å². The lowest BCUT2D eigenvalue weighted by molar-refractivity contribution is -0.244. The van der Waals surface area contributed by atoms with E-state index >= 15 is 0 Å². The number of unbranched alkanes of at least 4 members (excludes halogenated alkanes) is 5. The average molecular weight is 359 g/mol. The number of ether oxygens (including phenoxy) is 3. The van der Waals surface area contributed by atoms with Crippen molar-refractivity contribution in [1.29, 1.82) is 0 Å². The summed E-state index contributed by atoms with van der Waals surface area (Å²) in [5.41, 5.74) is 0. The lowest BCUT2D eigenvalue weighted by Gasteiger charge is -2.38. The van der Waals surface area contributed by atoms with Crippen LogP contribution in [0, 0.1) is 5.92 Å². The lowest BCUT2D eigenvalue weighted by Crippen LogP contribution is -2.41. The molecule has 0 N–H and O–H groups in total. The van der Waals surface area contributed by atoms with Crippen LogP contribution in [0.2, 0.25) is 0 Å². The summed E-state index contributed by atoms with van der Waals surface area (Å²) in [7, 11) is 5.32. The van der Waals surface area contributed by atoms with Gasteiger partial charge in [-0.1, -0.05) is 65.4 Å². The van der Waals surface area contributed by atoms with Gasteiger partial charge >= 0.3 is 0 Å². The van der Waals surface area contributed by atoms with Crippen molar-refractivity contribution in [2.24, 2.45) is 5.92 Å². The van der Waals surface area contributed by atoms with E-state index in [0.29, 0.717) is 5.92 Å². The summed E-state index contributed by atoms with van der Waals surface area (Å²) in [5, 5.41) is 0. The zero-order valence-electron chi connectivity index (χ0n) is 18.1. The molecular weight excluding hydrogens is 312 g/mol. The summed E-state index contributed by atoms with van der Waals surface area (Å²) in [6.07, 6.45) is 15.2. The quantitative estimate of drug-likeness (QED) is 0.173. The second-order valence-electron chi connectivity index (χ2n) is 6.66. The van der Waals surface area contributed by atoms with Crippen molar-refractivity contribution < 1.29 is 14.2 Å². The second kappa shape index (κ2) is 19.9. The molecule has 0 aromatic carbocycles. The van der Waals surface area contributed by atoms with Crippen molar-refractivity contribution in [3.63, 3.8) is 0 Å². The van der Waals surface area contributed by atoms with E-state index in [1.165, 1.54) is 44.9 Å². The van der Waals surface area contributed by atoms with E-state index in [9.17, 15) is 0 Å². The largest absolute Gasteiger partial charge is 0.385 e. The van der Waals surface area contributed by atoms with Gasteiger partial charge in [0.25, 0.3) is 0 Å². The van der Waals surface area contributed by atoms with Crippen LogP contribution in [0.5, 0.6) is 0 Å². The summed E-state index contributed by atoms with van der Waals surface area (Å²) in [6, 6.07) is 0. The van der Waals surface area contributed by atoms with Gasteiger partial charge in [0.05, 0.1) is 0 Å². The molecule has 0 aliphatic carbocycles. The van der Waals surface area contributed by atoms with E-state index in [1.807, 2.05) is 6.08 Å². The van der Waals surface area contributed by atoms with Gasteiger partial charge in [-0.15, -0.1) is 6.58 Å². The van der Waals surface area contributed by atoms with Gasteiger partial charge in [-0.2, -0.15) is 0 Å². The number of hydrogen-bond acceptors (Lipinski definition) is 3. The molecule has 0 bridgehead atoms. The summed E-state index contributed by atoms with van der Waals surface area (Å²) in [5.74, 6) is 0.0378. The molecule has 0 aromatic rings. The van der Waals surface area contributed by atoms with Crippen LogP contribution < -0.4 is 0 Å². The molecule has 152 valence electrons. The minimum absolute atomic E-state index is 0.419. The molecule has 1 unspecified atom stereocenters. The van der Waals surface area contributed by atoms with Crippen molar-refractivity contribution in [3.8, 4) is 0 Å². The minimum atomic E-state index is -0.419. The Morgan fingerprint density at radius 3 is 1.80 bits per heavy atom. The maximum absolute atomic E-state index is 5.76.